The van der Waals surface area contributed by atoms with E-state index in [1.165, 1.54) is 0 Å². The van der Waals surface area contributed by atoms with Gasteiger partial charge >= 0.3 is 59.7 Å². The number of carbonyl (C=O) groups is 10. The van der Waals surface area contributed by atoms with Gasteiger partial charge in [-0.15, -0.1) is 0 Å². The van der Waals surface area contributed by atoms with Gasteiger partial charge in [0.15, 0.2) is 127 Å². The van der Waals surface area contributed by atoms with E-state index in [2.05, 4.69) is 0 Å². The molecule has 0 radical (unpaired) electrons. The van der Waals surface area contributed by atoms with Crippen molar-refractivity contribution in [2.75, 3.05) is 77.7 Å². The molecule has 46 heteroatoms. The molecule has 1 heterocycles. The van der Waals surface area contributed by atoms with E-state index in [0.717, 1.165) is 132 Å². The maximum atomic E-state index is 15.6. The zero-order valence-electron chi connectivity index (χ0n) is 69.5. The molecule has 0 amide bonds. The van der Waals surface area contributed by atoms with E-state index in [0.29, 0.717) is 60.7 Å². The maximum absolute atomic E-state index is 15.6. The van der Waals surface area contributed by atoms with Crippen molar-refractivity contribution in [2.24, 2.45) is 0 Å². The summed E-state index contributed by atoms with van der Waals surface area (Å²) in [6, 6.07) is 13.5. The number of hydrogen-bond acceptors (Lipinski definition) is 46. The quantitative estimate of drug-likeness (QED) is 0.00850. The van der Waals surface area contributed by atoms with Crippen molar-refractivity contribution in [1.82, 2.24) is 0 Å². The molecule has 15 N–H and O–H groups in total. The van der Waals surface area contributed by atoms with E-state index < -0.39 is 268 Å². The van der Waals surface area contributed by atoms with Gasteiger partial charge in [-0.05, 0) is 121 Å². The standard InChI is InChI=1S/C86H72O46/c1-112-57-26-37(16-47(92)68(57)117-6)77(103)123-52-21-32(11-42(87)63(52)97)76(102)122-31-62-73(129-82(108)33-12-43(88)64(98)53(22-33)124-78(104)38-17-48(93)69(118-7)58(27-38)113-2)74(130-83(109)34-13-44(89)65(99)54(23-34)125-79(105)39-18-49(94)70(119-8)59(28-39)114-3)75(131-84(110)35-14-45(90)66(100)55(24-35)126-80(106)40-19-50(95)71(120-9)60(29-40)115-4)86(128-62)132-85(111)36-15-46(91)67(101)56(25-36)127-81(107)41-20-51(96)72(121-10)61(30-41)116-5/h11-30,62,73-75,86-101H,31H2,1-10H3/t62-,73-,74+,75-,86+/m1/s1. The summed E-state index contributed by atoms with van der Waals surface area (Å²) in [6.07, 6.45) is -14.6. The van der Waals surface area contributed by atoms with Crippen molar-refractivity contribution in [3.8, 4) is 172 Å². The third kappa shape index (κ3) is 19.9. The summed E-state index contributed by atoms with van der Waals surface area (Å²) in [4.78, 5) is 146. The molecule has 1 saturated heterocycles. The molecule has 132 heavy (non-hydrogen) atoms. The Bertz CT molecular complexity index is 6290. The molecule has 0 spiro atoms. The van der Waals surface area contributed by atoms with E-state index in [4.69, 9.17) is 99.5 Å². The Morgan fingerprint density at radius 3 is 0.636 bits per heavy atom. The van der Waals surface area contributed by atoms with Gasteiger partial charge in [0, 0.05) is 0 Å². The number of aromatic hydroxyl groups is 15. The molecule has 11 rings (SSSR count). The lowest BCUT2D eigenvalue weighted by Gasteiger charge is -2.43. The Morgan fingerprint density at radius 1 is 0.220 bits per heavy atom. The minimum Gasteiger partial charge on any atom is -0.504 e. The Hall–Kier alpha value is -18.1. The highest BCUT2D eigenvalue weighted by Crippen LogP contribution is 2.49. The van der Waals surface area contributed by atoms with Crippen LogP contribution in [0.5, 0.6) is 172 Å². The Balaban J connectivity index is 1.10. The van der Waals surface area contributed by atoms with Crippen LogP contribution in [-0.4, -0.2) is 245 Å². The van der Waals surface area contributed by atoms with Crippen molar-refractivity contribution in [3.05, 3.63) is 177 Å². The average molecular weight is 1840 g/mol. The van der Waals surface area contributed by atoms with Gasteiger partial charge in [0.25, 0.3) is 0 Å². The van der Waals surface area contributed by atoms with Gasteiger partial charge in [-0.3, -0.25) is 0 Å². The maximum Gasteiger partial charge on any atom is 0.343 e. The van der Waals surface area contributed by atoms with Crippen molar-refractivity contribution in [3.63, 3.8) is 0 Å². The second kappa shape index (κ2) is 39.6. The van der Waals surface area contributed by atoms with Gasteiger partial charge in [0.1, 0.15) is 12.7 Å². The Labute approximate surface area is 738 Å². The topological polar surface area (TPSA) is 668 Å². The zero-order valence-corrected chi connectivity index (χ0v) is 69.5. The van der Waals surface area contributed by atoms with Gasteiger partial charge in [0.05, 0.1) is 127 Å². The molecule has 0 bridgehead atoms. The van der Waals surface area contributed by atoms with Crippen molar-refractivity contribution < 1.29 is 224 Å². The highest BCUT2D eigenvalue weighted by atomic mass is 16.8. The number of rotatable bonds is 31. The molecule has 0 saturated carbocycles. The number of phenols is 15. The van der Waals surface area contributed by atoms with Crippen LogP contribution < -0.4 is 71.1 Å². The number of ether oxygens (including phenoxy) is 21. The number of esters is 10. The third-order valence-electron chi connectivity index (χ3n) is 18.9. The molecule has 0 unspecified atom stereocenters. The summed E-state index contributed by atoms with van der Waals surface area (Å²) >= 11 is 0. The van der Waals surface area contributed by atoms with Gasteiger partial charge in [0.2, 0.25) is 69.9 Å². The van der Waals surface area contributed by atoms with Gasteiger partial charge < -0.3 is 176 Å². The lowest BCUT2D eigenvalue weighted by Crippen LogP contribution is -2.63. The molecular weight excluding hydrogens is 1770 g/mol. The summed E-state index contributed by atoms with van der Waals surface area (Å²) in [6.45, 7) is -1.61. The lowest BCUT2D eigenvalue weighted by molar-refractivity contribution is -0.282. The molecule has 692 valence electrons. The fraction of sp³-hybridized carbons (Fsp3) is 0.186. The van der Waals surface area contributed by atoms with Gasteiger partial charge in [-0.1, -0.05) is 0 Å². The van der Waals surface area contributed by atoms with Crippen LogP contribution in [0.1, 0.15) is 104 Å². The minimum atomic E-state index is -3.02. The van der Waals surface area contributed by atoms with Crippen LogP contribution in [0, 0.1) is 0 Å². The van der Waals surface area contributed by atoms with Crippen LogP contribution in [0.2, 0.25) is 0 Å². The van der Waals surface area contributed by atoms with Crippen LogP contribution in [0.25, 0.3) is 0 Å². The van der Waals surface area contributed by atoms with Crippen molar-refractivity contribution >= 4 is 59.7 Å². The molecule has 1 aliphatic rings. The first-order valence-corrected chi connectivity index (χ1v) is 37.1. The first-order valence-electron chi connectivity index (χ1n) is 37.1. The number of methoxy groups -OCH3 is 10. The fourth-order valence-electron chi connectivity index (χ4n) is 12.5. The Morgan fingerprint density at radius 2 is 0.409 bits per heavy atom. The van der Waals surface area contributed by atoms with Crippen LogP contribution in [-0.2, 0) is 28.4 Å². The number of phenolic OH excluding ortho intramolecular Hbond substituents is 15. The monoisotopic (exact) mass is 1840 g/mol. The largest absolute Gasteiger partial charge is 0.504 e. The first-order chi connectivity index (χ1) is 62.7. The van der Waals surface area contributed by atoms with E-state index in [9.17, 15) is 105 Å². The van der Waals surface area contributed by atoms with Gasteiger partial charge in [-0.2, -0.15) is 0 Å². The average Bonchev–Trinajstić information content (AvgIpc) is 0.762. The normalized spacial score (nSPS) is 14.2. The second-order valence-electron chi connectivity index (χ2n) is 27.0. The molecule has 5 atom stereocenters. The molecule has 10 aromatic carbocycles. The summed E-state index contributed by atoms with van der Waals surface area (Å²) < 4.78 is 114. The predicted octanol–water partition coefficient (Wildman–Crippen LogP) is 7.87. The molecule has 0 aromatic heterocycles. The van der Waals surface area contributed by atoms with E-state index in [1.807, 2.05) is 0 Å². The Kier molecular flexibility index (Phi) is 28.4. The molecule has 0 aliphatic carbocycles. The summed E-state index contributed by atoms with van der Waals surface area (Å²) in [5.41, 5.74) is -8.02. The third-order valence-corrected chi connectivity index (χ3v) is 18.9. The van der Waals surface area contributed by atoms with Crippen LogP contribution in [0.3, 0.4) is 0 Å². The van der Waals surface area contributed by atoms with E-state index >= 15 is 19.2 Å². The molecule has 1 aliphatic heterocycles. The number of hydrogen-bond donors (Lipinski definition) is 15. The molecule has 10 aromatic rings. The van der Waals surface area contributed by atoms with E-state index in [-0.39, 0.29) is 57.5 Å². The summed E-state index contributed by atoms with van der Waals surface area (Å²) in [7, 11) is 11.2. The van der Waals surface area contributed by atoms with Crippen LogP contribution in [0.15, 0.2) is 121 Å². The number of carbonyl (C=O) groups excluding carboxylic acids is 10. The second-order valence-corrected chi connectivity index (χ2v) is 27.0. The minimum absolute atomic E-state index is 0.239. The van der Waals surface area contributed by atoms with Crippen molar-refractivity contribution in [2.45, 2.75) is 30.7 Å². The highest BCUT2D eigenvalue weighted by Gasteiger charge is 2.55. The summed E-state index contributed by atoms with van der Waals surface area (Å²) in [5, 5.41) is 166. The van der Waals surface area contributed by atoms with Crippen LogP contribution in [0.4, 0.5) is 0 Å². The fourth-order valence-corrected chi connectivity index (χ4v) is 12.5. The number of benzene rings is 10. The molecule has 1 fully saturated rings. The first kappa shape index (κ1) is 94.5. The SMILES string of the molecule is COc1cc(C(=O)Oc2cc(C(=O)OC[C@H]3O[C@@H](OC(=O)c4cc(O)c(O)c(OC(=O)c5cc(O)c(OC)c(OC)c5)c4)[C@H](OC(=O)c4cc(O)c(O)c(OC(=O)c5cc(O)c(OC)c(OC)c5)c4)[C@@H](OC(=O)c4cc(O)c(O)c(OC(=O)c5cc(O)c(OC)c(OC)c5)c4)[C@@H]3OC(=O)c3cc(O)c(O)c(OC(=O)c4cc(O)c(OC)c(OC)c4)c3)cc(O)c2O)cc(O)c1OC. The van der Waals surface area contributed by atoms with Crippen molar-refractivity contribution in [1.29, 1.82) is 0 Å². The molecular formula is C86H72O46. The van der Waals surface area contributed by atoms with E-state index in [1.54, 1.807) is 0 Å². The molecule has 46 nitrogen and oxygen atoms in total. The smallest absolute Gasteiger partial charge is 0.343 e. The highest BCUT2D eigenvalue weighted by molar-refractivity contribution is 6.00. The summed E-state index contributed by atoms with van der Waals surface area (Å²) in [5.74, 6) is -42.0. The zero-order chi connectivity index (χ0) is 96.5. The lowest BCUT2D eigenvalue weighted by atomic mass is 9.97. The van der Waals surface area contributed by atoms with Crippen LogP contribution >= 0.6 is 0 Å². The predicted molar refractivity (Wildman–Crippen MR) is 432 cm³/mol. The van der Waals surface area contributed by atoms with Gasteiger partial charge in [-0.25, -0.2) is 47.9 Å².